The lowest BCUT2D eigenvalue weighted by Crippen LogP contribution is -2.25. The molecule has 2 aromatic heterocycles. The van der Waals surface area contributed by atoms with Crippen molar-refractivity contribution in [3.63, 3.8) is 0 Å². The van der Waals surface area contributed by atoms with Gasteiger partial charge in [0.05, 0.1) is 0 Å². The summed E-state index contributed by atoms with van der Waals surface area (Å²) in [6, 6.07) is 25.7. The number of pyridine rings is 1. The van der Waals surface area contributed by atoms with E-state index in [9.17, 15) is 8.42 Å². The van der Waals surface area contributed by atoms with Crippen molar-refractivity contribution in [3.05, 3.63) is 107 Å². The average molecular weight is 463 g/mol. The fourth-order valence-electron chi connectivity index (χ4n) is 3.27. The van der Waals surface area contributed by atoms with Gasteiger partial charge in [0.1, 0.15) is 4.21 Å². The number of benzene rings is 2. The fourth-order valence-corrected chi connectivity index (χ4v) is 5.65. The molecule has 1 radical (unpaired) electrons. The number of sulfonamides is 1. The predicted molar refractivity (Wildman–Crippen MR) is 129 cm³/mol. The number of hydrogen-bond acceptors (Lipinski definition) is 4. The summed E-state index contributed by atoms with van der Waals surface area (Å²) in [5.74, 6) is 0. The van der Waals surface area contributed by atoms with Gasteiger partial charge in [0.2, 0.25) is 10.0 Å². The summed E-state index contributed by atoms with van der Waals surface area (Å²) < 4.78 is 28.3. The highest BCUT2D eigenvalue weighted by Gasteiger charge is 2.16. The number of aromatic nitrogens is 1. The smallest absolute Gasteiger partial charge is 0.250 e. The second-order valence-electron chi connectivity index (χ2n) is 7.33. The maximum atomic E-state index is 12.6. The Kier molecular flexibility index (Phi) is 7.44. The summed E-state index contributed by atoms with van der Waals surface area (Å²) in [6.07, 6.45) is 4.11. The van der Waals surface area contributed by atoms with E-state index < -0.39 is 10.0 Å². The van der Waals surface area contributed by atoms with Crippen LogP contribution in [0.15, 0.2) is 95.5 Å². The van der Waals surface area contributed by atoms with E-state index in [4.69, 9.17) is 0 Å². The summed E-state index contributed by atoms with van der Waals surface area (Å²) >= 11 is 1.26. The molecule has 32 heavy (non-hydrogen) atoms. The zero-order valence-electron chi connectivity index (χ0n) is 17.5. The molecule has 0 bridgehead atoms. The minimum atomic E-state index is -3.52. The minimum absolute atomic E-state index is 0.325. The number of hydrogen-bond donors (Lipinski definition) is 1. The number of rotatable bonds is 10. The van der Waals surface area contributed by atoms with E-state index in [1.807, 2.05) is 48.5 Å². The molecule has 0 aliphatic carbocycles. The second kappa shape index (κ2) is 10.7. The average Bonchev–Trinajstić information content (AvgIpc) is 3.31. The molecule has 0 fully saturated rings. The first kappa shape index (κ1) is 22.4. The molecule has 0 spiro atoms. The monoisotopic (exact) mass is 462 g/mol. The van der Waals surface area contributed by atoms with Crippen molar-refractivity contribution in [2.75, 3.05) is 6.54 Å². The van der Waals surface area contributed by atoms with Crippen molar-refractivity contribution in [2.45, 2.75) is 23.7 Å². The molecule has 2 heterocycles. The normalized spacial score (nSPS) is 11.5. The number of thiophene rings is 1. The van der Waals surface area contributed by atoms with Crippen LogP contribution in [-0.2, 0) is 29.5 Å². The summed E-state index contributed by atoms with van der Waals surface area (Å²) in [5, 5.41) is 4.51. The van der Waals surface area contributed by atoms with Gasteiger partial charge in [-0.25, -0.2) is 18.5 Å². The summed E-state index contributed by atoms with van der Waals surface area (Å²) in [5.41, 5.74) is 4.49. The Bertz CT molecular complexity index is 1220. The van der Waals surface area contributed by atoms with Crippen molar-refractivity contribution in [1.29, 1.82) is 0 Å². The first-order chi connectivity index (χ1) is 15.6. The van der Waals surface area contributed by atoms with E-state index in [1.54, 1.807) is 18.5 Å². The van der Waals surface area contributed by atoms with Crippen LogP contribution in [0.2, 0.25) is 0 Å². The molecule has 163 valence electrons. The summed E-state index contributed by atoms with van der Waals surface area (Å²) in [7, 11) is -3.52. The molecule has 0 unspecified atom stereocenters. The van der Waals surface area contributed by atoms with Gasteiger partial charge in [0.25, 0.3) is 0 Å². The van der Waals surface area contributed by atoms with Crippen molar-refractivity contribution in [1.82, 2.24) is 15.0 Å². The lowest BCUT2D eigenvalue weighted by Gasteiger charge is -2.07. The van der Waals surface area contributed by atoms with Gasteiger partial charge in [-0.2, -0.15) is 0 Å². The van der Waals surface area contributed by atoms with Gasteiger partial charge in [-0.15, -0.1) is 11.3 Å². The van der Waals surface area contributed by atoms with Gasteiger partial charge >= 0.3 is 0 Å². The van der Waals surface area contributed by atoms with E-state index in [1.165, 1.54) is 16.9 Å². The molecule has 0 aliphatic heterocycles. The Morgan fingerprint density at radius 3 is 2.25 bits per heavy atom. The van der Waals surface area contributed by atoms with Crippen LogP contribution < -0.4 is 10.0 Å². The van der Waals surface area contributed by atoms with Gasteiger partial charge < -0.3 is 0 Å². The number of nitrogens with one attached hydrogen (secondary N) is 1. The highest BCUT2D eigenvalue weighted by molar-refractivity contribution is 7.91. The van der Waals surface area contributed by atoms with E-state index >= 15 is 0 Å². The van der Waals surface area contributed by atoms with Crippen molar-refractivity contribution in [2.24, 2.45) is 0 Å². The summed E-state index contributed by atoms with van der Waals surface area (Å²) in [6.45, 7) is 1.44. The Morgan fingerprint density at radius 2 is 1.50 bits per heavy atom. The van der Waals surface area contributed by atoms with Gasteiger partial charge in [-0.05, 0) is 52.9 Å². The quantitative estimate of drug-likeness (QED) is 0.373. The van der Waals surface area contributed by atoms with Crippen molar-refractivity contribution < 1.29 is 8.42 Å². The molecule has 2 aromatic carbocycles. The SMILES string of the molecule is O=S(=O)(NCCc1ccc(-c2ccccc2)cc1)c1ccc(C[N]Cc2ccncc2)s1. The van der Waals surface area contributed by atoms with Gasteiger partial charge in [-0.1, -0.05) is 54.6 Å². The van der Waals surface area contributed by atoms with Crippen LogP contribution in [0.5, 0.6) is 0 Å². The molecule has 0 amide bonds. The van der Waals surface area contributed by atoms with Crippen LogP contribution in [0.1, 0.15) is 16.0 Å². The molecule has 0 saturated carbocycles. The first-order valence-corrected chi connectivity index (χ1v) is 12.6. The third kappa shape index (κ3) is 6.11. The lowest BCUT2D eigenvalue weighted by atomic mass is 10.0. The van der Waals surface area contributed by atoms with Crippen LogP contribution in [0.25, 0.3) is 11.1 Å². The topological polar surface area (TPSA) is 73.2 Å². The molecule has 4 rings (SSSR count). The highest BCUT2D eigenvalue weighted by atomic mass is 32.2. The fraction of sp³-hybridized carbons (Fsp3) is 0.160. The van der Waals surface area contributed by atoms with E-state index in [0.29, 0.717) is 30.3 Å². The maximum absolute atomic E-state index is 12.6. The Balaban J connectivity index is 1.26. The molecule has 4 aromatic rings. The van der Waals surface area contributed by atoms with Crippen LogP contribution in [0.3, 0.4) is 0 Å². The molecule has 0 aliphatic rings. The largest absolute Gasteiger partial charge is 0.265 e. The standard InChI is InChI=1S/C25H24N3O2S2/c29-32(30,25-11-10-24(31-25)19-27-18-21-12-15-26-16-13-21)28-17-14-20-6-8-23(9-7-20)22-4-2-1-3-5-22/h1-13,15-16,28H,14,17-19H2. The van der Waals surface area contributed by atoms with E-state index in [0.717, 1.165) is 21.6 Å². The van der Waals surface area contributed by atoms with Gasteiger partial charge in [0.15, 0.2) is 0 Å². The van der Waals surface area contributed by atoms with E-state index in [2.05, 4.69) is 39.3 Å². The van der Waals surface area contributed by atoms with Gasteiger partial charge in [-0.3, -0.25) is 4.98 Å². The zero-order chi connectivity index (χ0) is 22.2. The molecule has 0 saturated heterocycles. The van der Waals surface area contributed by atoms with E-state index in [-0.39, 0.29) is 0 Å². The molecular weight excluding hydrogens is 438 g/mol. The zero-order valence-corrected chi connectivity index (χ0v) is 19.1. The Hall–Kier alpha value is -2.84. The molecule has 1 N–H and O–H groups in total. The van der Waals surface area contributed by atoms with Crippen LogP contribution in [0, 0.1) is 0 Å². The molecule has 0 atom stereocenters. The Morgan fingerprint density at radius 1 is 0.781 bits per heavy atom. The van der Waals surface area contributed by atoms with Crippen molar-refractivity contribution in [3.8, 4) is 11.1 Å². The minimum Gasteiger partial charge on any atom is -0.265 e. The third-order valence-corrected chi connectivity index (χ3v) is 8.00. The molecular formula is C25H24N3O2S2. The second-order valence-corrected chi connectivity index (χ2v) is 10.5. The van der Waals surface area contributed by atoms with Crippen LogP contribution in [0.4, 0.5) is 0 Å². The molecule has 7 heteroatoms. The van der Waals surface area contributed by atoms with Gasteiger partial charge in [0, 0.05) is 36.9 Å². The number of nitrogens with zero attached hydrogens (tertiary/aromatic N) is 2. The predicted octanol–water partition coefficient (Wildman–Crippen LogP) is 4.64. The molecule has 5 nitrogen and oxygen atoms in total. The third-order valence-electron chi connectivity index (χ3n) is 4.98. The van der Waals surface area contributed by atoms with Crippen LogP contribution >= 0.6 is 11.3 Å². The van der Waals surface area contributed by atoms with Crippen LogP contribution in [-0.4, -0.2) is 19.9 Å². The van der Waals surface area contributed by atoms with Crippen molar-refractivity contribution >= 4 is 21.4 Å². The lowest BCUT2D eigenvalue weighted by molar-refractivity contribution is 0.584. The maximum Gasteiger partial charge on any atom is 0.250 e. The summed E-state index contributed by atoms with van der Waals surface area (Å²) in [4.78, 5) is 4.92. The first-order valence-electron chi connectivity index (χ1n) is 10.3. The Labute approximate surface area is 193 Å². The highest BCUT2D eigenvalue weighted by Crippen LogP contribution is 2.22.